The molecule has 2 aliphatic heterocycles. The highest BCUT2D eigenvalue weighted by atomic mass is 35.5. The van der Waals surface area contributed by atoms with Crippen molar-refractivity contribution in [2.75, 3.05) is 27.6 Å². The molecule has 4 heterocycles. The molecule has 252 valence electrons. The second-order valence-electron chi connectivity index (χ2n) is 11.7. The molecule has 2 aromatic heterocycles. The summed E-state index contributed by atoms with van der Waals surface area (Å²) >= 11 is 5.59. The number of carbonyl (C=O) groups is 3. The summed E-state index contributed by atoms with van der Waals surface area (Å²) in [4.78, 5) is 36.1. The molecule has 0 atom stereocenters. The number of hydrogen-bond acceptors (Lipinski definition) is 6. The average molecular weight is 695 g/mol. The monoisotopic (exact) mass is 694 g/mol. The number of anilines is 4. The smallest absolute Gasteiger partial charge is 0.256 e. The van der Waals surface area contributed by atoms with E-state index < -0.39 is 0 Å². The Labute approximate surface area is 298 Å². The maximum atomic E-state index is 12.2. The zero-order valence-corrected chi connectivity index (χ0v) is 27.9. The van der Waals surface area contributed by atoms with E-state index in [1.54, 1.807) is 18.2 Å². The summed E-state index contributed by atoms with van der Waals surface area (Å²) in [6.45, 7) is 0. The number of halogens is 1. The van der Waals surface area contributed by atoms with Crippen molar-refractivity contribution >= 4 is 75.4 Å². The highest BCUT2D eigenvalue weighted by Gasteiger charge is 2.25. The van der Waals surface area contributed by atoms with Gasteiger partial charge in [-0.15, -0.1) is 11.6 Å². The van der Waals surface area contributed by atoms with Gasteiger partial charge in [0.25, 0.3) is 11.8 Å². The zero-order valence-electron chi connectivity index (χ0n) is 27.1. The third-order valence-electron chi connectivity index (χ3n) is 8.17. The molecule has 0 saturated carbocycles. The summed E-state index contributed by atoms with van der Waals surface area (Å²) in [6.07, 6.45) is 3.75. The number of nitrogens with two attached hydrogens (primary N) is 1. The third kappa shape index (κ3) is 7.39. The van der Waals surface area contributed by atoms with Crippen molar-refractivity contribution in [2.45, 2.75) is 6.42 Å². The summed E-state index contributed by atoms with van der Waals surface area (Å²) in [5.74, 6) is 2.44. The highest BCUT2D eigenvalue weighted by molar-refractivity contribution is 6.35. The molecule has 0 aliphatic carbocycles. The molecule has 8 rings (SSSR count). The first-order chi connectivity index (χ1) is 24.8. The van der Waals surface area contributed by atoms with Crippen LogP contribution in [0.2, 0.25) is 0 Å². The van der Waals surface area contributed by atoms with E-state index in [0.29, 0.717) is 39.8 Å². The number of nitrogens with one attached hydrogen (secondary N) is 3. The predicted octanol–water partition coefficient (Wildman–Crippen LogP) is 9.03. The van der Waals surface area contributed by atoms with Gasteiger partial charge in [-0.05, 0) is 72.8 Å². The lowest BCUT2D eigenvalue weighted by atomic mass is 10.1. The molecule has 3 amide bonds. The molecular formula is C41H31ClN4O5. The number of amides is 3. The molecule has 51 heavy (non-hydrogen) atoms. The number of nitrogen functional groups attached to an aromatic ring is 1. The van der Waals surface area contributed by atoms with Gasteiger partial charge in [0, 0.05) is 57.3 Å². The fourth-order valence-corrected chi connectivity index (χ4v) is 5.94. The number of hydrogen-bond donors (Lipinski definition) is 4. The normalized spacial score (nSPS) is 14.4. The van der Waals surface area contributed by atoms with Crippen LogP contribution >= 0.6 is 11.6 Å². The minimum atomic E-state index is -0.150. The zero-order chi connectivity index (χ0) is 35.3. The summed E-state index contributed by atoms with van der Waals surface area (Å²) in [5.41, 5.74) is 13.4. The van der Waals surface area contributed by atoms with E-state index in [4.69, 9.17) is 26.2 Å². The van der Waals surface area contributed by atoms with E-state index in [9.17, 15) is 14.4 Å². The molecule has 0 spiro atoms. The van der Waals surface area contributed by atoms with Gasteiger partial charge in [0.2, 0.25) is 5.91 Å². The van der Waals surface area contributed by atoms with Gasteiger partial charge in [-0.1, -0.05) is 60.7 Å². The Hall–Kier alpha value is -6.58. The molecule has 9 nitrogen and oxygen atoms in total. The summed E-state index contributed by atoms with van der Waals surface area (Å²) in [7, 11) is 0. The Kier molecular flexibility index (Phi) is 9.36. The molecule has 6 aromatic rings. The van der Waals surface area contributed by atoms with Crippen molar-refractivity contribution in [3.05, 3.63) is 144 Å². The fraction of sp³-hybridized carbons (Fsp3) is 0.0488. The lowest BCUT2D eigenvalue weighted by molar-refractivity contribution is -0.116. The molecule has 0 radical (unpaired) electrons. The topological polar surface area (TPSA) is 140 Å². The average Bonchev–Trinajstić information content (AvgIpc) is 3.93. The van der Waals surface area contributed by atoms with Crippen molar-refractivity contribution in [3.63, 3.8) is 0 Å². The Morgan fingerprint density at radius 2 is 1.20 bits per heavy atom. The van der Waals surface area contributed by atoms with Crippen LogP contribution in [0.15, 0.2) is 130 Å². The van der Waals surface area contributed by atoms with E-state index in [1.807, 2.05) is 115 Å². The van der Waals surface area contributed by atoms with Gasteiger partial charge in [-0.25, -0.2) is 0 Å². The van der Waals surface area contributed by atoms with Crippen LogP contribution in [0.5, 0.6) is 0 Å². The standard InChI is InChI=1S/C22H17ClN2O3.C19H14N2O2/c23-11-10-21(26)24-15-5-3-4-14(12-15)20-9-8-16(28-20)13-18-17-6-1-2-7-19(17)25-22(18)27;20-13-5-3-4-12(10-13)18-9-8-14(23-18)11-16-15-6-1-2-7-17(15)21-19(16)22/h1-9,12-13H,10-11H2,(H,24,26)(H,25,27);1-11H,20H2,(H,21,22)/b18-13+;16-11+. The van der Waals surface area contributed by atoms with Crippen LogP contribution in [0, 0.1) is 0 Å². The van der Waals surface area contributed by atoms with Crippen LogP contribution in [0.1, 0.15) is 29.1 Å². The van der Waals surface area contributed by atoms with Crippen molar-refractivity contribution in [2.24, 2.45) is 0 Å². The third-order valence-corrected chi connectivity index (χ3v) is 8.36. The molecule has 0 bridgehead atoms. The minimum Gasteiger partial charge on any atom is -0.457 e. The maximum Gasteiger partial charge on any atom is 0.256 e. The largest absolute Gasteiger partial charge is 0.457 e. The van der Waals surface area contributed by atoms with Crippen molar-refractivity contribution in [1.29, 1.82) is 0 Å². The number of furan rings is 2. The van der Waals surface area contributed by atoms with Crippen LogP contribution in [-0.4, -0.2) is 23.6 Å². The lowest BCUT2D eigenvalue weighted by Crippen LogP contribution is -2.11. The van der Waals surface area contributed by atoms with Crippen LogP contribution in [0.25, 0.3) is 45.9 Å². The van der Waals surface area contributed by atoms with Crippen LogP contribution in [0.3, 0.4) is 0 Å². The summed E-state index contributed by atoms with van der Waals surface area (Å²) < 4.78 is 11.8. The highest BCUT2D eigenvalue weighted by Crippen LogP contribution is 2.35. The SMILES string of the molecule is Nc1cccc(-c2ccc(/C=C3/C(=O)Nc4ccccc43)o2)c1.O=C(CCCl)Nc1cccc(-c2ccc(/C=C3/C(=O)Nc4ccccc43)o2)c1. The molecule has 5 N–H and O–H groups in total. The van der Waals surface area contributed by atoms with E-state index >= 15 is 0 Å². The molecule has 10 heteroatoms. The number of carbonyl (C=O) groups excluding carboxylic acids is 3. The van der Waals surface area contributed by atoms with Gasteiger partial charge in [0.15, 0.2) is 0 Å². The summed E-state index contributed by atoms with van der Waals surface area (Å²) in [5, 5.41) is 8.50. The Morgan fingerprint density at radius 1 is 0.667 bits per heavy atom. The predicted molar refractivity (Wildman–Crippen MR) is 203 cm³/mol. The number of rotatable bonds is 7. The van der Waals surface area contributed by atoms with Crippen molar-refractivity contribution < 1.29 is 23.2 Å². The van der Waals surface area contributed by atoms with Gasteiger partial charge in [0.05, 0.1) is 11.1 Å². The van der Waals surface area contributed by atoms with Gasteiger partial charge >= 0.3 is 0 Å². The second-order valence-corrected chi connectivity index (χ2v) is 12.1. The van der Waals surface area contributed by atoms with E-state index in [1.165, 1.54) is 0 Å². The maximum absolute atomic E-state index is 12.2. The van der Waals surface area contributed by atoms with Gasteiger partial charge < -0.3 is 30.5 Å². The van der Waals surface area contributed by atoms with Crippen LogP contribution in [0.4, 0.5) is 22.7 Å². The summed E-state index contributed by atoms with van der Waals surface area (Å²) in [6, 6.07) is 37.4. The van der Waals surface area contributed by atoms with Gasteiger partial charge in [0.1, 0.15) is 23.0 Å². The molecule has 0 fully saturated rings. The number of benzene rings is 4. The molecular weight excluding hydrogens is 664 g/mol. The number of para-hydroxylation sites is 2. The minimum absolute atomic E-state index is 0.117. The van der Waals surface area contributed by atoms with Gasteiger partial charge in [-0.3, -0.25) is 14.4 Å². The quantitative estimate of drug-likeness (QED) is 0.0747. The van der Waals surface area contributed by atoms with Crippen LogP contribution in [-0.2, 0) is 14.4 Å². The molecule has 2 aliphatic rings. The first-order valence-corrected chi connectivity index (χ1v) is 16.6. The Morgan fingerprint density at radius 3 is 1.75 bits per heavy atom. The fourth-order valence-electron chi connectivity index (χ4n) is 5.77. The Balaban J connectivity index is 0.000000162. The van der Waals surface area contributed by atoms with Crippen LogP contribution < -0.4 is 21.7 Å². The lowest BCUT2D eigenvalue weighted by Gasteiger charge is -2.05. The number of fused-ring (bicyclic) bond motifs is 2. The van der Waals surface area contributed by atoms with Crippen molar-refractivity contribution in [1.82, 2.24) is 0 Å². The van der Waals surface area contributed by atoms with Gasteiger partial charge in [-0.2, -0.15) is 0 Å². The van der Waals surface area contributed by atoms with E-state index in [-0.39, 0.29) is 30.0 Å². The number of alkyl halides is 1. The second kappa shape index (κ2) is 14.5. The first kappa shape index (κ1) is 32.9. The van der Waals surface area contributed by atoms with E-state index in [0.717, 1.165) is 39.4 Å². The Bertz CT molecular complexity index is 2350. The molecule has 0 unspecified atom stereocenters. The first-order valence-electron chi connectivity index (χ1n) is 16.1. The van der Waals surface area contributed by atoms with E-state index in [2.05, 4.69) is 16.0 Å². The van der Waals surface area contributed by atoms with Crippen molar-refractivity contribution in [3.8, 4) is 22.6 Å². The molecule has 4 aromatic carbocycles. The molecule has 0 saturated heterocycles.